The maximum Gasteiger partial charge on any atom is 0.227 e. The van der Waals surface area contributed by atoms with Crippen molar-refractivity contribution in [2.45, 2.75) is 78.1 Å². The third-order valence-electron chi connectivity index (χ3n) is 10.0. The number of rotatable bonds is 7. The van der Waals surface area contributed by atoms with Crippen LogP contribution in [-0.4, -0.2) is 23.2 Å². The molecule has 1 heterocycles. The Bertz CT molecular complexity index is 1340. The third kappa shape index (κ3) is 5.50. The fraction of sp³-hybridized carbons (Fsp3) is 0.529. The highest BCUT2D eigenvalue weighted by Gasteiger charge is 2.46. The molecule has 0 aliphatic heterocycles. The number of carbonyl (C=O) groups excluding carboxylic acids is 2. The molecule has 3 fully saturated rings. The topological polar surface area (TPSA) is 74.0 Å². The largest absolute Gasteiger partial charge is 0.378 e. The normalized spacial score (nSPS) is 28.7. The SMILES string of the molecule is CC1CC2CCCC(C(=O)CNc3ccc(-c4cc5ccc(NC(=O)C6CCCCC6C)cc5[nH]4)cc3)(C1)C2. The molecule has 6 rings (SSSR count). The first-order valence-electron chi connectivity index (χ1n) is 15.2. The fourth-order valence-electron chi connectivity index (χ4n) is 8.00. The van der Waals surface area contributed by atoms with E-state index in [1.807, 2.05) is 12.1 Å². The second-order valence-electron chi connectivity index (χ2n) is 13.0. The van der Waals surface area contributed by atoms with E-state index in [0.717, 1.165) is 78.0 Å². The van der Waals surface area contributed by atoms with Crippen LogP contribution in [0, 0.1) is 29.1 Å². The molecule has 1 amide bonds. The average Bonchev–Trinajstić information content (AvgIpc) is 3.35. The molecule has 0 radical (unpaired) electrons. The molecular weight excluding hydrogens is 482 g/mol. The van der Waals surface area contributed by atoms with Gasteiger partial charge in [-0.25, -0.2) is 0 Å². The second kappa shape index (κ2) is 10.8. The van der Waals surface area contributed by atoms with Gasteiger partial charge in [0.15, 0.2) is 5.78 Å². The highest BCUT2D eigenvalue weighted by molar-refractivity contribution is 5.96. The van der Waals surface area contributed by atoms with Crippen molar-refractivity contribution in [1.82, 2.24) is 4.98 Å². The monoisotopic (exact) mass is 525 g/mol. The van der Waals surface area contributed by atoms with Crippen LogP contribution in [0.15, 0.2) is 48.5 Å². The smallest absolute Gasteiger partial charge is 0.227 e. The van der Waals surface area contributed by atoms with Gasteiger partial charge in [-0.2, -0.15) is 0 Å². The van der Waals surface area contributed by atoms with Crippen LogP contribution in [0.3, 0.4) is 0 Å². The van der Waals surface area contributed by atoms with Gasteiger partial charge in [-0.15, -0.1) is 0 Å². The molecule has 5 atom stereocenters. The van der Waals surface area contributed by atoms with E-state index in [9.17, 15) is 9.59 Å². The Hall–Kier alpha value is -3.08. The van der Waals surface area contributed by atoms with E-state index >= 15 is 0 Å². The molecule has 3 N–H and O–H groups in total. The van der Waals surface area contributed by atoms with Crippen molar-refractivity contribution < 1.29 is 9.59 Å². The van der Waals surface area contributed by atoms with Crippen molar-refractivity contribution >= 4 is 34.0 Å². The molecule has 0 saturated heterocycles. The number of aromatic amines is 1. The molecule has 39 heavy (non-hydrogen) atoms. The Kier molecular flexibility index (Phi) is 7.26. The van der Waals surface area contributed by atoms with Gasteiger partial charge in [0, 0.05) is 39.3 Å². The first kappa shape index (κ1) is 26.2. The Morgan fingerprint density at radius 1 is 0.923 bits per heavy atom. The quantitative estimate of drug-likeness (QED) is 0.291. The van der Waals surface area contributed by atoms with Crippen LogP contribution in [-0.2, 0) is 9.59 Å². The summed E-state index contributed by atoms with van der Waals surface area (Å²) < 4.78 is 0. The predicted octanol–water partition coefficient (Wildman–Crippen LogP) is 8.19. The molecule has 0 spiro atoms. The number of hydrogen-bond donors (Lipinski definition) is 3. The second-order valence-corrected chi connectivity index (χ2v) is 13.0. The van der Waals surface area contributed by atoms with Gasteiger partial charge in [0.1, 0.15) is 0 Å². The molecule has 5 nitrogen and oxygen atoms in total. The number of amides is 1. The first-order valence-corrected chi connectivity index (χ1v) is 15.2. The number of ketones is 1. The standard InChI is InChI=1S/C34H43N3O2/c1-22-16-24-7-5-15-34(19-22,20-24)32(38)21-35-27-12-9-25(10-13-27)30-17-26-11-14-28(18-31(26)37-30)36-33(39)29-8-4-3-6-23(29)2/h9-14,17-18,22-24,29,35,37H,3-8,15-16,19-21H2,1-2H3,(H,36,39). The van der Waals surface area contributed by atoms with E-state index in [2.05, 4.69) is 65.9 Å². The molecule has 1 aromatic heterocycles. The highest BCUT2D eigenvalue weighted by Crippen LogP contribution is 2.51. The number of hydrogen-bond acceptors (Lipinski definition) is 3. The Balaban J connectivity index is 1.09. The summed E-state index contributed by atoms with van der Waals surface area (Å²) in [5.41, 5.74) is 4.89. The van der Waals surface area contributed by atoms with E-state index in [0.29, 0.717) is 24.2 Å². The molecular formula is C34H43N3O2. The van der Waals surface area contributed by atoms with Crippen LogP contribution in [0.1, 0.15) is 78.1 Å². The van der Waals surface area contributed by atoms with Gasteiger partial charge < -0.3 is 15.6 Å². The minimum absolute atomic E-state index is 0.0924. The van der Waals surface area contributed by atoms with Crippen LogP contribution in [0.2, 0.25) is 0 Å². The average molecular weight is 526 g/mol. The summed E-state index contributed by atoms with van der Waals surface area (Å²) in [5, 5.41) is 7.69. The number of H-pyrrole nitrogens is 1. The summed E-state index contributed by atoms with van der Waals surface area (Å²) in [6, 6.07) is 16.6. The third-order valence-corrected chi connectivity index (χ3v) is 10.0. The highest BCUT2D eigenvalue weighted by atomic mass is 16.2. The zero-order chi connectivity index (χ0) is 27.0. The van der Waals surface area contributed by atoms with Crippen molar-refractivity contribution in [1.29, 1.82) is 0 Å². The molecule has 2 aromatic carbocycles. The van der Waals surface area contributed by atoms with E-state index in [-0.39, 0.29) is 17.2 Å². The summed E-state index contributed by atoms with van der Waals surface area (Å²) in [7, 11) is 0. The summed E-state index contributed by atoms with van der Waals surface area (Å²) in [5.74, 6) is 2.52. The summed E-state index contributed by atoms with van der Waals surface area (Å²) in [6.07, 6.45) is 11.5. The number of anilines is 2. The summed E-state index contributed by atoms with van der Waals surface area (Å²) in [6.45, 7) is 4.94. The van der Waals surface area contributed by atoms with Gasteiger partial charge in [-0.1, -0.05) is 57.7 Å². The van der Waals surface area contributed by atoms with Crippen molar-refractivity contribution in [3.8, 4) is 11.3 Å². The summed E-state index contributed by atoms with van der Waals surface area (Å²) in [4.78, 5) is 29.7. The lowest BCUT2D eigenvalue weighted by Gasteiger charge is -2.46. The molecule has 5 unspecified atom stereocenters. The molecule has 206 valence electrons. The van der Waals surface area contributed by atoms with Crippen LogP contribution >= 0.6 is 0 Å². The van der Waals surface area contributed by atoms with Crippen molar-refractivity contribution in [2.24, 2.45) is 29.1 Å². The maximum atomic E-state index is 13.3. The Labute approximate surface area is 232 Å². The number of nitrogens with one attached hydrogen (secondary N) is 3. The Morgan fingerprint density at radius 3 is 2.54 bits per heavy atom. The lowest BCUT2D eigenvalue weighted by molar-refractivity contribution is -0.133. The number of carbonyl (C=O) groups is 2. The van der Waals surface area contributed by atoms with Gasteiger partial charge in [-0.05, 0) is 92.2 Å². The van der Waals surface area contributed by atoms with Crippen molar-refractivity contribution in [3.05, 3.63) is 48.5 Å². The number of Topliss-reactive ketones (excluding diaryl/α,β-unsaturated/α-hetero) is 1. The molecule has 2 bridgehead atoms. The van der Waals surface area contributed by atoms with Crippen LogP contribution < -0.4 is 10.6 Å². The van der Waals surface area contributed by atoms with Crippen molar-refractivity contribution in [2.75, 3.05) is 17.2 Å². The summed E-state index contributed by atoms with van der Waals surface area (Å²) >= 11 is 0. The van der Waals surface area contributed by atoms with Crippen LogP contribution in [0.5, 0.6) is 0 Å². The van der Waals surface area contributed by atoms with Gasteiger partial charge in [0.05, 0.1) is 6.54 Å². The lowest BCUT2D eigenvalue weighted by atomic mass is 9.57. The van der Waals surface area contributed by atoms with Gasteiger partial charge >= 0.3 is 0 Å². The number of aromatic nitrogens is 1. The number of fused-ring (bicyclic) bond motifs is 3. The zero-order valence-corrected chi connectivity index (χ0v) is 23.5. The minimum Gasteiger partial charge on any atom is -0.378 e. The molecule has 3 aromatic rings. The number of benzene rings is 2. The van der Waals surface area contributed by atoms with E-state index in [4.69, 9.17) is 0 Å². The molecule has 3 aliphatic carbocycles. The van der Waals surface area contributed by atoms with Crippen LogP contribution in [0.4, 0.5) is 11.4 Å². The lowest BCUT2D eigenvalue weighted by Crippen LogP contribution is -2.44. The maximum absolute atomic E-state index is 13.3. The first-order chi connectivity index (χ1) is 18.9. The Morgan fingerprint density at radius 2 is 1.72 bits per heavy atom. The van der Waals surface area contributed by atoms with E-state index in [1.165, 1.54) is 25.7 Å². The van der Waals surface area contributed by atoms with Gasteiger partial charge in [0.25, 0.3) is 0 Å². The zero-order valence-electron chi connectivity index (χ0n) is 23.5. The van der Waals surface area contributed by atoms with Crippen LogP contribution in [0.25, 0.3) is 22.2 Å². The molecule has 3 saturated carbocycles. The van der Waals surface area contributed by atoms with Crippen molar-refractivity contribution in [3.63, 3.8) is 0 Å². The van der Waals surface area contributed by atoms with E-state index < -0.39 is 0 Å². The molecule has 5 heteroatoms. The predicted molar refractivity (Wildman–Crippen MR) is 160 cm³/mol. The van der Waals surface area contributed by atoms with Gasteiger partial charge in [0.2, 0.25) is 5.91 Å². The fourth-order valence-corrected chi connectivity index (χ4v) is 8.00. The van der Waals surface area contributed by atoms with E-state index in [1.54, 1.807) is 0 Å². The van der Waals surface area contributed by atoms with Gasteiger partial charge in [-0.3, -0.25) is 9.59 Å². The minimum atomic E-state index is -0.0924. The molecule has 3 aliphatic rings.